The lowest BCUT2D eigenvalue weighted by atomic mass is 10.1. The number of aryl methyl sites for hydroxylation is 5. The Bertz CT molecular complexity index is 942. The van der Waals surface area contributed by atoms with E-state index in [2.05, 4.69) is 57.2 Å². The number of ether oxygens (including phenoxy) is 1. The van der Waals surface area contributed by atoms with E-state index in [1.165, 1.54) is 52.0 Å². The van der Waals surface area contributed by atoms with Gasteiger partial charge in [0.2, 0.25) is 0 Å². The van der Waals surface area contributed by atoms with E-state index >= 15 is 0 Å². The van der Waals surface area contributed by atoms with Crippen LogP contribution in [-0.2, 0) is 19.3 Å². The minimum Gasteiger partial charge on any atom is -0.493 e. The quantitative estimate of drug-likeness (QED) is 0.472. The molecular weight excluding hydrogens is 362 g/mol. The van der Waals surface area contributed by atoms with E-state index in [9.17, 15) is 0 Å². The summed E-state index contributed by atoms with van der Waals surface area (Å²) >= 11 is 1.78. The number of hydrogen-bond donors (Lipinski definition) is 0. The average Bonchev–Trinajstić information content (AvgIpc) is 3.32. The van der Waals surface area contributed by atoms with Gasteiger partial charge >= 0.3 is 0 Å². The third kappa shape index (κ3) is 4.64. The number of benzene rings is 2. The van der Waals surface area contributed by atoms with Crippen molar-refractivity contribution in [1.82, 2.24) is 4.98 Å². The van der Waals surface area contributed by atoms with Gasteiger partial charge in [-0.2, -0.15) is 0 Å². The molecule has 0 atom stereocenters. The molecule has 28 heavy (non-hydrogen) atoms. The molecule has 0 N–H and O–H groups in total. The minimum absolute atomic E-state index is 0.676. The number of nitrogens with zero attached hydrogens (tertiary/aromatic N) is 1. The van der Waals surface area contributed by atoms with Crippen LogP contribution >= 0.6 is 11.3 Å². The summed E-state index contributed by atoms with van der Waals surface area (Å²) in [5.74, 6) is 0.993. The molecule has 1 heterocycles. The molecule has 0 aliphatic heterocycles. The van der Waals surface area contributed by atoms with Crippen LogP contribution in [0.15, 0.2) is 36.4 Å². The second-order valence-electron chi connectivity index (χ2n) is 7.20. The molecule has 3 heteroatoms. The van der Waals surface area contributed by atoms with Gasteiger partial charge in [-0.3, -0.25) is 0 Å². The monoisotopic (exact) mass is 393 g/mol. The summed E-state index contributed by atoms with van der Waals surface area (Å²) in [5, 5.41) is 1.11. The standard InChI is InChI=1S/C23H25NOS.C2H6/c1-15-7-8-20(13-16(15)2)23-24-22(17(3)26-23)11-12-25-21-10-9-18-5-4-6-19(18)14-21;1-2/h7-10,13-14H,4-6,11-12H2,1-3H3;1-2H3. The number of hydrogen-bond acceptors (Lipinski definition) is 3. The second-order valence-corrected chi connectivity index (χ2v) is 8.41. The molecule has 0 radical (unpaired) electrons. The van der Waals surface area contributed by atoms with E-state index in [4.69, 9.17) is 9.72 Å². The van der Waals surface area contributed by atoms with Crippen LogP contribution in [0.2, 0.25) is 0 Å². The Morgan fingerprint density at radius 2 is 1.71 bits per heavy atom. The van der Waals surface area contributed by atoms with E-state index in [0.717, 1.165) is 22.9 Å². The molecule has 0 amide bonds. The molecule has 2 aromatic carbocycles. The van der Waals surface area contributed by atoms with E-state index in [0.29, 0.717) is 6.61 Å². The van der Waals surface area contributed by atoms with Crippen molar-refractivity contribution in [2.24, 2.45) is 0 Å². The summed E-state index contributed by atoms with van der Waals surface area (Å²) in [6, 6.07) is 13.1. The Balaban J connectivity index is 0.00000109. The van der Waals surface area contributed by atoms with Gasteiger partial charge in [-0.05, 0) is 80.5 Å². The van der Waals surface area contributed by atoms with Crippen LogP contribution in [0.4, 0.5) is 0 Å². The van der Waals surface area contributed by atoms with Crippen molar-refractivity contribution in [3.05, 3.63) is 69.2 Å². The molecule has 0 saturated heterocycles. The van der Waals surface area contributed by atoms with E-state index < -0.39 is 0 Å². The van der Waals surface area contributed by atoms with Crippen LogP contribution in [0.3, 0.4) is 0 Å². The molecule has 1 aliphatic carbocycles. The normalized spacial score (nSPS) is 12.3. The Morgan fingerprint density at radius 1 is 0.929 bits per heavy atom. The lowest BCUT2D eigenvalue weighted by Gasteiger charge is -2.07. The SMILES string of the molecule is CC.Cc1ccc(-c2nc(CCOc3ccc4c(c3)CCC4)c(C)s2)cc1C. The van der Waals surface area contributed by atoms with Crippen LogP contribution < -0.4 is 4.74 Å². The highest BCUT2D eigenvalue weighted by Crippen LogP contribution is 2.30. The Labute approximate surface area is 173 Å². The van der Waals surface area contributed by atoms with Gasteiger partial charge in [0.05, 0.1) is 12.3 Å². The Kier molecular flexibility index (Phi) is 6.90. The maximum Gasteiger partial charge on any atom is 0.123 e. The molecule has 0 spiro atoms. The summed E-state index contributed by atoms with van der Waals surface area (Å²) in [6.45, 7) is 11.1. The molecule has 1 aromatic heterocycles. The number of aromatic nitrogens is 1. The fourth-order valence-corrected chi connectivity index (χ4v) is 4.52. The molecule has 1 aliphatic rings. The molecular formula is C25H31NOS. The van der Waals surface area contributed by atoms with Crippen molar-refractivity contribution >= 4 is 11.3 Å². The van der Waals surface area contributed by atoms with Gasteiger partial charge in [-0.15, -0.1) is 11.3 Å². The van der Waals surface area contributed by atoms with Crippen molar-refractivity contribution < 1.29 is 4.74 Å². The van der Waals surface area contributed by atoms with Gasteiger partial charge in [0.25, 0.3) is 0 Å². The zero-order chi connectivity index (χ0) is 20.1. The molecule has 0 saturated carbocycles. The summed E-state index contributed by atoms with van der Waals surface area (Å²) < 4.78 is 6.00. The molecule has 4 rings (SSSR count). The first-order valence-corrected chi connectivity index (χ1v) is 11.2. The van der Waals surface area contributed by atoms with Gasteiger partial charge in [0, 0.05) is 16.9 Å². The number of rotatable bonds is 5. The third-order valence-electron chi connectivity index (χ3n) is 5.32. The Hall–Kier alpha value is -2.13. The maximum atomic E-state index is 6.00. The first-order valence-electron chi connectivity index (χ1n) is 10.4. The number of fused-ring (bicyclic) bond motifs is 1. The van der Waals surface area contributed by atoms with E-state index in [1.54, 1.807) is 11.3 Å². The zero-order valence-electron chi connectivity index (χ0n) is 17.8. The lowest BCUT2D eigenvalue weighted by molar-refractivity contribution is 0.320. The fraction of sp³-hybridized carbons (Fsp3) is 0.400. The van der Waals surface area contributed by atoms with Crippen LogP contribution in [-0.4, -0.2) is 11.6 Å². The van der Waals surface area contributed by atoms with Gasteiger partial charge in [-0.1, -0.05) is 32.0 Å². The highest BCUT2D eigenvalue weighted by molar-refractivity contribution is 7.15. The molecule has 2 nitrogen and oxygen atoms in total. The third-order valence-corrected chi connectivity index (χ3v) is 6.39. The second kappa shape index (κ2) is 9.38. The van der Waals surface area contributed by atoms with Crippen molar-refractivity contribution in [2.75, 3.05) is 6.61 Å². The average molecular weight is 394 g/mol. The highest BCUT2D eigenvalue weighted by Gasteiger charge is 2.13. The van der Waals surface area contributed by atoms with Crippen molar-refractivity contribution in [1.29, 1.82) is 0 Å². The van der Waals surface area contributed by atoms with Gasteiger partial charge in [-0.25, -0.2) is 4.98 Å². The first-order chi connectivity index (χ1) is 13.6. The zero-order valence-corrected chi connectivity index (χ0v) is 18.6. The summed E-state index contributed by atoms with van der Waals surface area (Å²) in [5.41, 5.74) is 7.97. The van der Waals surface area contributed by atoms with Crippen LogP contribution in [0.5, 0.6) is 5.75 Å². The molecule has 0 bridgehead atoms. The number of thiazole rings is 1. The van der Waals surface area contributed by atoms with Crippen molar-refractivity contribution in [2.45, 2.75) is 60.3 Å². The maximum absolute atomic E-state index is 6.00. The Morgan fingerprint density at radius 3 is 2.50 bits per heavy atom. The predicted octanol–water partition coefficient (Wildman–Crippen LogP) is 6.87. The van der Waals surface area contributed by atoms with Gasteiger partial charge in [0.1, 0.15) is 10.8 Å². The molecule has 0 fully saturated rings. The minimum atomic E-state index is 0.676. The summed E-state index contributed by atoms with van der Waals surface area (Å²) in [7, 11) is 0. The molecule has 148 valence electrons. The van der Waals surface area contributed by atoms with Crippen molar-refractivity contribution in [3.63, 3.8) is 0 Å². The lowest BCUT2D eigenvalue weighted by Crippen LogP contribution is -2.03. The summed E-state index contributed by atoms with van der Waals surface area (Å²) in [6.07, 6.45) is 4.54. The molecule has 0 unspecified atom stereocenters. The topological polar surface area (TPSA) is 22.1 Å². The van der Waals surface area contributed by atoms with Crippen LogP contribution in [0.1, 0.15) is 53.1 Å². The van der Waals surface area contributed by atoms with E-state index in [-0.39, 0.29) is 0 Å². The predicted molar refractivity (Wildman–Crippen MR) is 121 cm³/mol. The largest absolute Gasteiger partial charge is 0.493 e. The van der Waals surface area contributed by atoms with Gasteiger partial charge < -0.3 is 4.74 Å². The molecule has 3 aromatic rings. The summed E-state index contributed by atoms with van der Waals surface area (Å²) in [4.78, 5) is 6.17. The van der Waals surface area contributed by atoms with Crippen LogP contribution in [0, 0.1) is 20.8 Å². The smallest absolute Gasteiger partial charge is 0.123 e. The highest BCUT2D eigenvalue weighted by atomic mass is 32.1. The van der Waals surface area contributed by atoms with Crippen LogP contribution in [0.25, 0.3) is 10.6 Å². The first kappa shape index (κ1) is 20.6. The van der Waals surface area contributed by atoms with Gasteiger partial charge in [0.15, 0.2) is 0 Å². The van der Waals surface area contributed by atoms with Crippen molar-refractivity contribution in [3.8, 4) is 16.3 Å². The fourth-order valence-electron chi connectivity index (χ4n) is 3.56. The van der Waals surface area contributed by atoms with E-state index in [1.807, 2.05) is 13.8 Å².